The van der Waals surface area contributed by atoms with Crippen LogP contribution in [-0.4, -0.2) is 34.7 Å². The van der Waals surface area contributed by atoms with E-state index in [1.165, 1.54) is 10.4 Å². The number of nitrogens with one attached hydrogen (secondary N) is 2. The summed E-state index contributed by atoms with van der Waals surface area (Å²) in [7, 11) is 1.83. The summed E-state index contributed by atoms with van der Waals surface area (Å²) in [6, 6.07) is 4.15. The number of thiophene rings is 1. The van der Waals surface area contributed by atoms with E-state index >= 15 is 0 Å². The zero-order valence-electron chi connectivity index (χ0n) is 13.6. The Morgan fingerprint density at radius 2 is 2.27 bits per heavy atom. The molecule has 0 aliphatic rings. The number of likely N-dealkylation sites (N-methyl/N-ethyl adjacent to an activating group) is 1. The van der Waals surface area contributed by atoms with Crippen LogP contribution in [0, 0.1) is 13.8 Å². The molecule has 120 valence electrons. The summed E-state index contributed by atoms with van der Waals surface area (Å²) in [6.07, 6.45) is 1.70. The molecule has 2 aromatic rings. The molecule has 0 aliphatic carbocycles. The number of carbonyl (C=O) groups is 1. The van der Waals surface area contributed by atoms with Crippen LogP contribution in [0.1, 0.15) is 41.2 Å². The van der Waals surface area contributed by atoms with E-state index in [0.717, 1.165) is 24.2 Å². The number of hydrogen-bond donors (Lipinski definition) is 2. The fourth-order valence-electron chi connectivity index (χ4n) is 2.45. The van der Waals surface area contributed by atoms with E-state index < -0.39 is 0 Å². The van der Waals surface area contributed by atoms with E-state index in [-0.39, 0.29) is 12.1 Å². The first kappa shape index (κ1) is 16.5. The van der Waals surface area contributed by atoms with Gasteiger partial charge in [-0.05, 0) is 43.7 Å². The highest BCUT2D eigenvalue weighted by Crippen LogP contribution is 2.21. The van der Waals surface area contributed by atoms with Crippen LogP contribution in [0.15, 0.2) is 17.5 Å². The Balaban J connectivity index is 1.89. The lowest BCUT2D eigenvalue weighted by Crippen LogP contribution is -2.40. The lowest BCUT2D eigenvalue weighted by atomic mass is 10.1. The van der Waals surface area contributed by atoms with Crippen molar-refractivity contribution in [1.29, 1.82) is 0 Å². The first-order valence-electron chi connectivity index (χ1n) is 7.58. The second-order valence-electron chi connectivity index (χ2n) is 5.51. The predicted molar refractivity (Wildman–Crippen MR) is 90.3 cm³/mol. The lowest BCUT2D eigenvalue weighted by Gasteiger charge is -2.22. The molecular formula is C16H24N4OS. The Labute approximate surface area is 135 Å². The first-order valence-corrected chi connectivity index (χ1v) is 8.46. The molecule has 0 fully saturated rings. The van der Waals surface area contributed by atoms with Crippen LogP contribution < -0.4 is 5.32 Å². The van der Waals surface area contributed by atoms with Crippen molar-refractivity contribution < 1.29 is 4.79 Å². The van der Waals surface area contributed by atoms with Crippen LogP contribution in [0.2, 0.25) is 0 Å². The molecule has 2 N–H and O–H groups in total. The number of carbonyl (C=O) groups excluding carboxylic acids is 1. The Kier molecular flexibility index (Phi) is 5.60. The predicted octanol–water partition coefficient (Wildman–Crippen LogP) is 3.42. The van der Waals surface area contributed by atoms with Gasteiger partial charge in [0.25, 0.3) is 0 Å². The molecule has 0 saturated carbocycles. The summed E-state index contributed by atoms with van der Waals surface area (Å²) in [5, 5.41) is 12.3. The minimum Gasteiger partial charge on any atom is -0.330 e. The minimum atomic E-state index is -0.0287. The van der Waals surface area contributed by atoms with E-state index in [1.807, 2.05) is 32.3 Å². The van der Waals surface area contributed by atoms with Gasteiger partial charge in [-0.2, -0.15) is 5.10 Å². The van der Waals surface area contributed by atoms with Crippen molar-refractivity contribution in [3.8, 4) is 0 Å². The van der Waals surface area contributed by atoms with Gasteiger partial charge in [0, 0.05) is 24.2 Å². The molecule has 22 heavy (non-hydrogen) atoms. The second kappa shape index (κ2) is 7.45. The number of urea groups is 1. The molecule has 1 atom stereocenters. The van der Waals surface area contributed by atoms with Crippen LogP contribution in [-0.2, 0) is 6.42 Å². The topological polar surface area (TPSA) is 61.0 Å². The van der Waals surface area contributed by atoms with Gasteiger partial charge in [-0.1, -0.05) is 13.0 Å². The molecule has 2 rings (SSSR count). The number of H-pyrrole nitrogens is 1. The number of aromatic nitrogens is 2. The third-order valence-electron chi connectivity index (χ3n) is 3.92. The normalized spacial score (nSPS) is 12.2. The van der Waals surface area contributed by atoms with E-state index in [2.05, 4.69) is 28.5 Å². The van der Waals surface area contributed by atoms with Gasteiger partial charge < -0.3 is 10.2 Å². The van der Waals surface area contributed by atoms with Gasteiger partial charge >= 0.3 is 6.03 Å². The number of aromatic amines is 1. The van der Waals surface area contributed by atoms with Gasteiger partial charge in [0.15, 0.2) is 0 Å². The fourth-order valence-corrected chi connectivity index (χ4v) is 3.31. The highest BCUT2D eigenvalue weighted by Gasteiger charge is 2.17. The summed E-state index contributed by atoms with van der Waals surface area (Å²) in [5.74, 6) is 0. The van der Waals surface area contributed by atoms with E-state index in [4.69, 9.17) is 0 Å². The standard InChI is InChI=1S/C16H24N4OS/c1-5-14(15-7-6-10-22-15)17-16(21)20(4)9-8-13-11(2)18-19-12(13)3/h6-7,10,14H,5,8-9H2,1-4H3,(H,17,21)(H,18,19). The number of hydrogen-bond acceptors (Lipinski definition) is 3. The van der Waals surface area contributed by atoms with Crippen molar-refractivity contribution in [2.45, 2.75) is 39.7 Å². The van der Waals surface area contributed by atoms with Gasteiger partial charge in [0.05, 0.1) is 11.7 Å². The summed E-state index contributed by atoms with van der Waals surface area (Å²) in [4.78, 5) is 15.3. The maximum Gasteiger partial charge on any atom is 0.317 e. The molecule has 0 aliphatic heterocycles. The summed E-state index contributed by atoms with van der Waals surface area (Å²) < 4.78 is 0. The van der Waals surface area contributed by atoms with E-state index in [0.29, 0.717) is 6.54 Å². The summed E-state index contributed by atoms with van der Waals surface area (Å²) >= 11 is 1.68. The molecule has 6 heteroatoms. The number of nitrogens with zero attached hydrogens (tertiary/aromatic N) is 2. The quantitative estimate of drug-likeness (QED) is 0.856. The Hall–Kier alpha value is -1.82. The van der Waals surface area contributed by atoms with Crippen molar-refractivity contribution in [1.82, 2.24) is 20.4 Å². The van der Waals surface area contributed by atoms with Crippen molar-refractivity contribution >= 4 is 17.4 Å². The third kappa shape index (κ3) is 3.88. The highest BCUT2D eigenvalue weighted by molar-refractivity contribution is 7.10. The van der Waals surface area contributed by atoms with Crippen molar-refractivity contribution in [2.24, 2.45) is 0 Å². The zero-order chi connectivity index (χ0) is 16.1. The first-order chi connectivity index (χ1) is 10.5. The van der Waals surface area contributed by atoms with Gasteiger partial charge in [0.1, 0.15) is 0 Å². The third-order valence-corrected chi connectivity index (χ3v) is 4.90. The molecule has 2 heterocycles. The minimum absolute atomic E-state index is 0.0287. The number of amides is 2. The van der Waals surface area contributed by atoms with E-state index in [9.17, 15) is 4.79 Å². The SMILES string of the molecule is CCC(NC(=O)N(C)CCc1c(C)n[nH]c1C)c1cccs1. The second-order valence-corrected chi connectivity index (χ2v) is 6.49. The smallest absolute Gasteiger partial charge is 0.317 e. The molecule has 0 radical (unpaired) electrons. The van der Waals surface area contributed by atoms with Crippen LogP contribution in [0.25, 0.3) is 0 Å². The number of aryl methyl sites for hydroxylation is 2. The average molecular weight is 320 g/mol. The molecule has 0 saturated heterocycles. The molecular weight excluding hydrogens is 296 g/mol. The Morgan fingerprint density at radius 1 is 1.50 bits per heavy atom. The van der Waals surface area contributed by atoms with Crippen LogP contribution in [0.5, 0.6) is 0 Å². The lowest BCUT2D eigenvalue weighted by molar-refractivity contribution is 0.205. The molecule has 5 nitrogen and oxygen atoms in total. The highest BCUT2D eigenvalue weighted by atomic mass is 32.1. The van der Waals surface area contributed by atoms with E-state index in [1.54, 1.807) is 16.2 Å². The van der Waals surface area contributed by atoms with Gasteiger partial charge in [-0.15, -0.1) is 11.3 Å². The molecule has 0 bridgehead atoms. The Morgan fingerprint density at radius 3 is 2.82 bits per heavy atom. The van der Waals surface area contributed by atoms with Crippen LogP contribution in [0.4, 0.5) is 4.79 Å². The monoisotopic (exact) mass is 320 g/mol. The van der Waals surface area contributed by atoms with Crippen molar-refractivity contribution in [3.63, 3.8) is 0 Å². The average Bonchev–Trinajstić information content (AvgIpc) is 3.13. The fraction of sp³-hybridized carbons (Fsp3) is 0.500. The van der Waals surface area contributed by atoms with Gasteiger partial charge in [-0.3, -0.25) is 5.10 Å². The number of rotatable bonds is 6. The molecule has 0 aromatic carbocycles. The molecule has 1 unspecified atom stereocenters. The maximum absolute atomic E-state index is 12.3. The van der Waals surface area contributed by atoms with Crippen LogP contribution >= 0.6 is 11.3 Å². The molecule has 0 spiro atoms. The van der Waals surface area contributed by atoms with Crippen molar-refractivity contribution in [2.75, 3.05) is 13.6 Å². The Bertz CT molecular complexity index is 586. The van der Waals surface area contributed by atoms with Crippen LogP contribution in [0.3, 0.4) is 0 Å². The zero-order valence-corrected chi connectivity index (χ0v) is 14.5. The molecule has 2 aromatic heterocycles. The van der Waals surface area contributed by atoms with Crippen molar-refractivity contribution in [3.05, 3.63) is 39.3 Å². The van der Waals surface area contributed by atoms with Gasteiger partial charge in [-0.25, -0.2) is 4.79 Å². The maximum atomic E-state index is 12.3. The summed E-state index contributed by atoms with van der Waals surface area (Å²) in [5.41, 5.74) is 3.29. The van der Waals surface area contributed by atoms with Gasteiger partial charge in [0.2, 0.25) is 0 Å². The largest absolute Gasteiger partial charge is 0.330 e. The molecule has 2 amide bonds. The summed E-state index contributed by atoms with van der Waals surface area (Å²) in [6.45, 7) is 6.76.